The molecule has 1 aliphatic rings. The average Bonchev–Trinajstić information content (AvgIpc) is 3.52. The van der Waals surface area contributed by atoms with Gasteiger partial charge >= 0.3 is 0 Å². The van der Waals surface area contributed by atoms with E-state index in [0.717, 1.165) is 28.4 Å². The molecule has 0 aliphatic carbocycles. The Hall–Kier alpha value is -5.28. The minimum atomic E-state index is 0.879. The molecule has 0 fully saturated rings. The van der Waals surface area contributed by atoms with Gasteiger partial charge in [-0.15, -0.1) is 0 Å². The van der Waals surface area contributed by atoms with Crippen LogP contribution in [0.2, 0.25) is 0 Å². The van der Waals surface area contributed by atoms with Crippen LogP contribution in [0, 0.1) is 0 Å². The zero-order valence-electron chi connectivity index (χ0n) is 21.0. The highest BCUT2D eigenvalue weighted by molar-refractivity contribution is 6.16. The van der Waals surface area contributed by atoms with Crippen LogP contribution in [-0.4, -0.2) is 9.13 Å². The average molecular weight is 499 g/mol. The fourth-order valence-corrected chi connectivity index (χ4v) is 6.50. The van der Waals surface area contributed by atoms with Crippen LogP contribution in [-0.2, 0) is 0 Å². The Morgan fingerprint density at radius 3 is 1.87 bits per heavy atom. The second-order valence-electron chi connectivity index (χ2n) is 10.2. The van der Waals surface area contributed by atoms with Crippen molar-refractivity contribution in [3.63, 3.8) is 0 Å². The Morgan fingerprint density at radius 2 is 1.05 bits per heavy atom. The molecule has 0 amide bonds. The number of hydrogen-bond donors (Lipinski definition) is 0. The molecule has 8 aromatic rings. The topological polar surface area (TPSA) is 19.1 Å². The molecule has 3 heteroatoms. The summed E-state index contributed by atoms with van der Waals surface area (Å²) in [6.45, 7) is 0. The maximum Gasteiger partial charge on any atom is 0.152 e. The minimum Gasteiger partial charge on any atom is -0.453 e. The molecule has 182 valence electrons. The van der Waals surface area contributed by atoms with E-state index >= 15 is 0 Å². The van der Waals surface area contributed by atoms with Crippen molar-refractivity contribution >= 4 is 43.6 Å². The third-order valence-electron chi connectivity index (χ3n) is 8.09. The smallest absolute Gasteiger partial charge is 0.152 e. The summed E-state index contributed by atoms with van der Waals surface area (Å²) in [5.74, 6) is 1.77. The van der Waals surface area contributed by atoms with Gasteiger partial charge in [0.25, 0.3) is 0 Å². The Bertz CT molecular complexity index is 2210. The van der Waals surface area contributed by atoms with Gasteiger partial charge in [0.15, 0.2) is 11.5 Å². The van der Waals surface area contributed by atoms with Crippen LogP contribution >= 0.6 is 0 Å². The standard InChI is InChI=1S/C36H22N2O/c1-3-17-30-26(12-1)27-13-2-4-18-31(27)37(30)24-11-7-10-23(22-24)25-14-8-15-28-29-16-9-21-34-36(29)38(35(25)28)32-19-5-6-20-33(32)39-34/h1-22H. The predicted octanol–water partition coefficient (Wildman–Crippen LogP) is 9.65. The molecule has 3 nitrogen and oxygen atoms in total. The van der Waals surface area contributed by atoms with Crippen molar-refractivity contribution in [1.29, 1.82) is 0 Å². The lowest BCUT2D eigenvalue weighted by Crippen LogP contribution is -2.04. The summed E-state index contributed by atoms with van der Waals surface area (Å²) >= 11 is 0. The maximum atomic E-state index is 6.35. The lowest BCUT2D eigenvalue weighted by Gasteiger charge is -2.21. The molecular weight excluding hydrogens is 476 g/mol. The molecule has 0 saturated heterocycles. The summed E-state index contributed by atoms with van der Waals surface area (Å²) in [5.41, 5.74) is 9.37. The third kappa shape index (κ3) is 2.76. The molecule has 0 N–H and O–H groups in total. The van der Waals surface area contributed by atoms with Gasteiger partial charge < -0.3 is 13.9 Å². The van der Waals surface area contributed by atoms with E-state index in [1.54, 1.807) is 0 Å². The van der Waals surface area contributed by atoms with Crippen LogP contribution in [0.25, 0.3) is 66.1 Å². The zero-order valence-corrected chi connectivity index (χ0v) is 21.0. The van der Waals surface area contributed by atoms with Gasteiger partial charge in [-0.25, -0.2) is 0 Å². The van der Waals surface area contributed by atoms with Gasteiger partial charge in [0.2, 0.25) is 0 Å². The molecule has 0 unspecified atom stereocenters. The third-order valence-corrected chi connectivity index (χ3v) is 8.09. The normalized spacial score (nSPS) is 12.3. The van der Waals surface area contributed by atoms with E-state index in [1.165, 1.54) is 49.2 Å². The number of aromatic nitrogens is 2. The van der Waals surface area contributed by atoms with E-state index in [-0.39, 0.29) is 0 Å². The van der Waals surface area contributed by atoms with Crippen molar-refractivity contribution < 1.29 is 4.74 Å². The van der Waals surface area contributed by atoms with Crippen molar-refractivity contribution in [1.82, 2.24) is 9.13 Å². The van der Waals surface area contributed by atoms with E-state index < -0.39 is 0 Å². The van der Waals surface area contributed by atoms with Crippen LogP contribution in [0.3, 0.4) is 0 Å². The molecule has 2 aromatic heterocycles. The Balaban J connectivity index is 1.36. The van der Waals surface area contributed by atoms with Crippen molar-refractivity contribution in [3.05, 3.63) is 133 Å². The second kappa shape index (κ2) is 7.62. The quantitative estimate of drug-likeness (QED) is 0.232. The Labute approximate surface area is 224 Å². The van der Waals surface area contributed by atoms with Gasteiger partial charge in [-0.3, -0.25) is 0 Å². The SMILES string of the molecule is c1cc(-c2cccc3c4cccc5c4n(c23)-c2ccccc2O5)cc(-n2c3ccccc3c3ccccc32)c1. The summed E-state index contributed by atoms with van der Waals surface area (Å²) in [6.07, 6.45) is 0. The molecule has 0 bridgehead atoms. The molecule has 39 heavy (non-hydrogen) atoms. The summed E-state index contributed by atoms with van der Waals surface area (Å²) in [6, 6.07) is 47.6. The van der Waals surface area contributed by atoms with Gasteiger partial charge in [-0.1, -0.05) is 91.0 Å². The van der Waals surface area contributed by atoms with E-state index in [1.807, 2.05) is 6.07 Å². The summed E-state index contributed by atoms with van der Waals surface area (Å²) < 4.78 is 11.1. The lowest BCUT2D eigenvalue weighted by atomic mass is 10.0. The summed E-state index contributed by atoms with van der Waals surface area (Å²) in [7, 11) is 0. The van der Waals surface area contributed by atoms with Gasteiger partial charge in [0.05, 0.1) is 27.8 Å². The van der Waals surface area contributed by atoms with Crippen LogP contribution in [0.5, 0.6) is 11.5 Å². The molecule has 6 aromatic carbocycles. The number of hydrogen-bond acceptors (Lipinski definition) is 1. The highest BCUT2D eigenvalue weighted by Crippen LogP contribution is 2.47. The molecule has 9 rings (SSSR count). The molecule has 0 spiro atoms. The molecule has 3 heterocycles. The van der Waals surface area contributed by atoms with Crippen LogP contribution in [0.15, 0.2) is 133 Å². The lowest BCUT2D eigenvalue weighted by molar-refractivity contribution is 0.476. The first-order valence-corrected chi connectivity index (χ1v) is 13.3. The van der Waals surface area contributed by atoms with Crippen molar-refractivity contribution in [2.75, 3.05) is 0 Å². The van der Waals surface area contributed by atoms with Gasteiger partial charge in [0.1, 0.15) is 0 Å². The Morgan fingerprint density at radius 1 is 0.436 bits per heavy atom. The highest BCUT2D eigenvalue weighted by Gasteiger charge is 2.25. The van der Waals surface area contributed by atoms with E-state index in [9.17, 15) is 0 Å². The first-order chi connectivity index (χ1) is 19.4. The number of ether oxygens (including phenoxy) is 1. The summed E-state index contributed by atoms with van der Waals surface area (Å²) in [5, 5.41) is 4.98. The summed E-state index contributed by atoms with van der Waals surface area (Å²) in [4.78, 5) is 0. The zero-order chi connectivity index (χ0) is 25.5. The molecule has 0 saturated carbocycles. The van der Waals surface area contributed by atoms with Gasteiger partial charge in [0, 0.05) is 32.8 Å². The molecule has 1 aliphatic heterocycles. The first kappa shape index (κ1) is 20.7. The number of para-hydroxylation sites is 6. The Kier molecular flexibility index (Phi) is 4.05. The molecule has 0 radical (unpaired) electrons. The monoisotopic (exact) mass is 498 g/mol. The van der Waals surface area contributed by atoms with Crippen LogP contribution < -0.4 is 4.74 Å². The van der Waals surface area contributed by atoms with Crippen molar-refractivity contribution in [2.24, 2.45) is 0 Å². The van der Waals surface area contributed by atoms with Crippen molar-refractivity contribution in [2.45, 2.75) is 0 Å². The first-order valence-electron chi connectivity index (χ1n) is 13.3. The fourth-order valence-electron chi connectivity index (χ4n) is 6.50. The predicted molar refractivity (Wildman–Crippen MR) is 161 cm³/mol. The van der Waals surface area contributed by atoms with E-state index in [4.69, 9.17) is 4.74 Å². The minimum absolute atomic E-state index is 0.879. The van der Waals surface area contributed by atoms with Crippen LogP contribution in [0.1, 0.15) is 0 Å². The number of benzene rings is 6. The molecular formula is C36H22N2O. The highest BCUT2D eigenvalue weighted by atomic mass is 16.5. The van der Waals surface area contributed by atoms with E-state index in [0.29, 0.717) is 0 Å². The molecule has 0 atom stereocenters. The number of nitrogens with zero attached hydrogens (tertiary/aromatic N) is 2. The van der Waals surface area contributed by atoms with Crippen LogP contribution in [0.4, 0.5) is 0 Å². The second-order valence-corrected chi connectivity index (χ2v) is 10.2. The fraction of sp³-hybridized carbons (Fsp3) is 0. The van der Waals surface area contributed by atoms with E-state index in [2.05, 4.69) is 137 Å². The number of rotatable bonds is 2. The maximum absolute atomic E-state index is 6.35. The number of fused-ring (bicyclic) bond motifs is 8. The van der Waals surface area contributed by atoms with Crippen molar-refractivity contribution in [3.8, 4) is 34.0 Å². The van der Waals surface area contributed by atoms with Gasteiger partial charge in [-0.05, 0) is 48.0 Å². The van der Waals surface area contributed by atoms with Gasteiger partial charge in [-0.2, -0.15) is 0 Å². The largest absolute Gasteiger partial charge is 0.453 e.